The van der Waals surface area contributed by atoms with Crippen LogP contribution in [0.4, 0.5) is 5.82 Å². The van der Waals surface area contributed by atoms with Crippen LogP contribution in [0.15, 0.2) is 35.7 Å². The Hall–Kier alpha value is -2.45. The summed E-state index contributed by atoms with van der Waals surface area (Å²) in [5.74, 6) is 1.43. The number of para-hydroxylation sites is 1. The van der Waals surface area contributed by atoms with Crippen LogP contribution >= 0.6 is 0 Å². The smallest absolute Gasteiger partial charge is 0.230 e. The first kappa shape index (κ1) is 19.3. The molecule has 0 bridgehead atoms. The van der Waals surface area contributed by atoms with Crippen molar-refractivity contribution in [3.8, 4) is 0 Å². The number of aromatic nitrogens is 3. The minimum atomic E-state index is -3.57. The van der Waals surface area contributed by atoms with Crippen molar-refractivity contribution < 1.29 is 8.42 Å². The van der Waals surface area contributed by atoms with Crippen molar-refractivity contribution in [3.05, 3.63) is 41.6 Å². The van der Waals surface area contributed by atoms with Crippen LogP contribution < -0.4 is 10.9 Å². The lowest BCUT2D eigenvalue weighted by Gasteiger charge is -2.10. The fourth-order valence-corrected chi connectivity index (χ4v) is 3.65. The summed E-state index contributed by atoms with van der Waals surface area (Å²) < 4.78 is 24.2. The van der Waals surface area contributed by atoms with Crippen molar-refractivity contribution in [2.45, 2.75) is 45.6 Å². The van der Waals surface area contributed by atoms with Gasteiger partial charge in [-0.05, 0) is 25.3 Å². The number of pyridine rings is 1. The number of hydrogen-bond acceptors (Lipinski definition) is 5. The lowest BCUT2D eigenvalue weighted by Crippen LogP contribution is -2.07. The Labute approximate surface area is 159 Å². The molecule has 3 aromatic rings. The van der Waals surface area contributed by atoms with Crippen molar-refractivity contribution in [3.63, 3.8) is 0 Å². The second-order valence-corrected chi connectivity index (χ2v) is 8.05. The summed E-state index contributed by atoms with van der Waals surface area (Å²) in [5, 5.41) is 7.07. The molecule has 0 aliphatic rings. The Bertz CT molecular complexity index is 1090. The molecule has 144 valence electrons. The quantitative estimate of drug-likeness (QED) is 0.576. The highest BCUT2D eigenvalue weighted by Crippen LogP contribution is 2.29. The number of rotatable bonds is 8. The minimum Gasteiger partial charge on any atom is -0.382 e. The molecule has 1 aromatic carbocycles. The third-order valence-corrected chi connectivity index (χ3v) is 5.05. The molecular formula is C19H25N5O2S. The zero-order valence-corrected chi connectivity index (χ0v) is 16.2. The molecular weight excluding hydrogens is 362 g/mol. The van der Waals surface area contributed by atoms with Gasteiger partial charge in [0, 0.05) is 23.8 Å². The zero-order chi connectivity index (χ0) is 19.4. The molecule has 0 saturated carbocycles. The van der Waals surface area contributed by atoms with Crippen molar-refractivity contribution in [2.24, 2.45) is 5.14 Å². The van der Waals surface area contributed by atoms with E-state index < -0.39 is 10.0 Å². The van der Waals surface area contributed by atoms with E-state index in [1.165, 1.54) is 0 Å². The van der Waals surface area contributed by atoms with Gasteiger partial charge < -0.3 is 10.3 Å². The first-order valence-corrected chi connectivity index (χ1v) is 10.7. The Morgan fingerprint density at radius 2 is 1.96 bits per heavy atom. The number of nitrogens with zero attached hydrogens (tertiary/aromatic N) is 3. The number of imidazole rings is 1. The topological polar surface area (TPSA) is 117 Å². The Morgan fingerprint density at radius 3 is 2.70 bits per heavy atom. The molecule has 4 N–H and O–H groups in total. The maximum absolute atomic E-state index is 11.0. The van der Waals surface area contributed by atoms with E-state index in [1.54, 1.807) is 6.08 Å². The molecule has 27 heavy (non-hydrogen) atoms. The number of sulfonamides is 1. The summed E-state index contributed by atoms with van der Waals surface area (Å²) >= 11 is 0. The Balaban J connectivity index is 2.00. The molecule has 0 aliphatic heterocycles. The molecule has 8 heteroatoms. The van der Waals surface area contributed by atoms with Gasteiger partial charge >= 0.3 is 0 Å². The molecule has 3 rings (SSSR count). The molecule has 0 atom stereocenters. The number of unbranched alkanes of at least 4 members (excludes halogenated alkanes) is 2. The molecule has 0 saturated heterocycles. The molecule has 0 spiro atoms. The van der Waals surface area contributed by atoms with Crippen molar-refractivity contribution in [1.82, 2.24) is 14.5 Å². The number of hydrogen-bond donors (Lipinski definition) is 2. The molecule has 0 aliphatic carbocycles. The maximum atomic E-state index is 11.0. The number of nitrogen functional groups attached to an aromatic ring is 1. The maximum Gasteiger partial charge on any atom is 0.230 e. The lowest BCUT2D eigenvalue weighted by molar-refractivity contribution is 0.605. The summed E-state index contributed by atoms with van der Waals surface area (Å²) in [6.45, 7) is 2.87. The molecule has 7 nitrogen and oxygen atoms in total. The van der Waals surface area contributed by atoms with Crippen LogP contribution in [0.5, 0.6) is 0 Å². The van der Waals surface area contributed by atoms with Crippen molar-refractivity contribution in [2.75, 3.05) is 5.73 Å². The summed E-state index contributed by atoms with van der Waals surface area (Å²) in [6.07, 6.45) is 5.96. The number of nitrogens with two attached hydrogens (primary N) is 2. The summed E-state index contributed by atoms with van der Waals surface area (Å²) in [5.41, 5.74) is 8.76. The van der Waals surface area contributed by atoms with Gasteiger partial charge in [-0.2, -0.15) is 0 Å². The van der Waals surface area contributed by atoms with Crippen LogP contribution in [0.3, 0.4) is 0 Å². The standard InChI is InChI=1S/C19H25N5O2S/c1-2-3-11-16-23-17-18(14-9-5-6-10-15(14)22-19(17)20)24(16)12-7-4-8-13-27(21,25)26/h5-6,8-10,13H,2-4,7,11-12H2,1H3,(H2,20,22)(H2,21,25,26). The summed E-state index contributed by atoms with van der Waals surface area (Å²) in [6, 6.07) is 7.91. The van der Waals surface area contributed by atoms with E-state index in [9.17, 15) is 8.42 Å². The highest BCUT2D eigenvalue weighted by atomic mass is 32.2. The van der Waals surface area contributed by atoms with Gasteiger partial charge in [0.2, 0.25) is 10.0 Å². The van der Waals surface area contributed by atoms with E-state index in [4.69, 9.17) is 15.9 Å². The molecule has 0 radical (unpaired) electrons. The summed E-state index contributed by atoms with van der Waals surface area (Å²) in [4.78, 5) is 9.27. The molecule has 2 heterocycles. The third-order valence-electron chi connectivity index (χ3n) is 4.48. The van der Waals surface area contributed by atoms with E-state index >= 15 is 0 Å². The van der Waals surface area contributed by atoms with Gasteiger partial charge in [0.1, 0.15) is 11.3 Å². The van der Waals surface area contributed by atoms with Crippen LogP contribution in [0.25, 0.3) is 21.9 Å². The Kier molecular flexibility index (Phi) is 5.76. The summed E-state index contributed by atoms with van der Waals surface area (Å²) in [7, 11) is -3.57. The molecule has 0 amide bonds. The number of primary sulfonamides is 1. The monoisotopic (exact) mass is 387 g/mol. The molecule has 2 aromatic heterocycles. The van der Waals surface area contributed by atoms with Gasteiger partial charge in [0.15, 0.2) is 5.82 Å². The predicted octanol–water partition coefficient (Wildman–Crippen LogP) is 3.09. The first-order chi connectivity index (χ1) is 12.9. The number of allylic oxidation sites excluding steroid dienone is 1. The second-order valence-electron chi connectivity index (χ2n) is 6.60. The van der Waals surface area contributed by atoms with Gasteiger partial charge in [-0.3, -0.25) is 0 Å². The van der Waals surface area contributed by atoms with Crippen molar-refractivity contribution in [1.29, 1.82) is 0 Å². The van der Waals surface area contributed by atoms with E-state index in [0.717, 1.165) is 65.4 Å². The highest BCUT2D eigenvalue weighted by molar-refractivity contribution is 7.92. The van der Waals surface area contributed by atoms with Gasteiger partial charge in [0.25, 0.3) is 0 Å². The average Bonchev–Trinajstić information content (AvgIpc) is 2.98. The third kappa shape index (κ3) is 4.45. The highest BCUT2D eigenvalue weighted by Gasteiger charge is 2.16. The second kappa shape index (κ2) is 8.06. The average molecular weight is 388 g/mol. The predicted molar refractivity (Wildman–Crippen MR) is 110 cm³/mol. The number of fused-ring (bicyclic) bond motifs is 3. The van der Waals surface area contributed by atoms with Crippen LogP contribution in [-0.4, -0.2) is 23.0 Å². The fraction of sp³-hybridized carbons (Fsp3) is 0.368. The van der Waals surface area contributed by atoms with Crippen molar-refractivity contribution >= 4 is 37.8 Å². The SMILES string of the molecule is CCCCc1nc2c(N)nc3ccccc3c2n1CCCC=CS(N)(=O)=O. The van der Waals surface area contributed by atoms with Gasteiger partial charge in [-0.25, -0.2) is 23.5 Å². The molecule has 0 fully saturated rings. The van der Waals surface area contributed by atoms with Crippen LogP contribution in [0.1, 0.15) is 38.4 Å². The van der Waals surface area contributed by atoms with Gasteiger partial charge in [-0.15, -0.1) is 0 Å². The van der Waals surface area contributed by atoms with E-state index in [-0.39, 0.29) is 0 Å². The number of aryl methyl sites for hydroxylation is 2. The normalized spacial score (nSPS) is 12.5. The van der Waals surface area contributed by atoms with Gasteiger partial charge in [-0.1, -0.05) is 37.6 Å². The first-order valence-electron chi connectivity index (χ1n) is 9.13. The minimum absolute atomic E-state index is 0.439. The van der Waals surface area contributed by atoms with Crippen LogP contribution in [-0.2, 0) is 23.0 Å². The largest absolute Gasteiger partial charge is 0.382 e. The Morgan fingerprint density at radius 1 is 1.19 bits per heavy atom. The van der Waals surface area contributed by atoms with E-state index in [1.807, 2.05) is 24.3 Å². The number of anilines is 1. The number of benzene rings is 1. The van der Waals surface area contributed by atoms with E-state index in [0.29, 0.717) is 12.2 Å². The van der Waals surface area contributed by atoms with Crippen LogP contribution in [0.2, 0.25) is 0 Å². The fourth-order valence-electron chi connectivity index (χ4n) is 3.24. The van der Waals surface area contributed by atoms with Crippen LogP contribution in [0, 0.1) is 0 Å². The lowest BCUT2D eigenvalue weighted by atomic mass is 10.2. The van der Waals surface area contributed by atoms with Gasteiger partial charge in [0.05, 0.1) is 11.0 Å². The van der Waals surface area contributed by atoms with E-state index in [2.05, 4.69) is 16.5 Å². The molecule has 0 unspecified atom stereocenters. The zero-order valence-electron chi connectivity index (χ0n) is 15.4.